The van der Waals surface area contributed by atoms with Crippen molar-refractivity contribution in [1.82, 2.24) is 24.6 Å². The first-order valence-corrected chi connectivity index (χ1v) is 6.58. The van der Waals surface area contributed by atoms with Crippen LogP contribution in [0.15, 0.2) is 18.3 Å². The minimum Gasteiger partial charge on any atom is -0.252 e. The molecule has 0 N–H and O–H groups in total. The van der Waals surface area contributed by atoms with Crippen molar-refractivity contribution in [3.63, 3.8) is 0 Å². The van der Waals surface area contributed by atoms with E-state index in [1.54, 1.807) is 19.1 Å². The van der Waals surface area contributed by atoms with Gasteiger partial charge in [-0.1, -0.05) is 20.8 Å². The first-order valence-electron chi connectivity index (χ1n) is 6.58. The Balaban J connectivity index is 0.000000774. The summed E-state index contributed by atoms with van der Waals surface area (Å²) in [5, 5.41) is 6.83. The fourth-order valence-corrected chi connectivity index (χ4v) is 1.94. The highest BCUT2D eigenvalue weighted by Crippen LogP contribution is 2.30. The summed E-state index contributed by atoms with van der Waals surface area (Å²) in [4.78, 5) is 8.22. The van der Waals surface area contributed by atoms with Gasteiger partial charge in [-0.15, -0.1) is 10.2 Å². The van der Waals surface area contributed by atoms with Crippen LogP contribution in [-0.2, 0) is 12.6 Å². The van der Waals surface area contributed by atoms with E-state index >= 15 is 0 Å². The third-order valence-corrected chi connectivity index (χ3v) is 2.74. The van der Waals surface area contributed by atoms with Crippen LogP contribution in [0, 0.1) is 0 Å². The predicted molar refractivity (Wildman–Crippen MR) is 71.8 cm³/mol. The molecule has 0 aliphatic heterocycles. The second-order valence-corrected chi connectivity index (χ2v) is 3.94. The van der Waals surface area contributed by atoms with Crippen LogP contribution < -0.4 is 0 Å². The number of nitrogens with zero attached hydrogens (tertiary/aromatic N) is 5. The number of pyridine rings is 1. The molecule has 0 atom stereocenters. The molecule has 8 heteroatoms. The van der Waals surface area contributed by atoms with Crippen molar-refractivity contribution < 1.29 is 13.2 Å². The van der Waals surface area contributed by atoms with Crippen molar-refractivity contribution in [3.05, 3.63) is 29.8 Å². The Morgan fingerprint density at radius 3 is 2.48 bits per heavy atom. The van der Waals surface area contributed by atoms with E-state index < -0.39 is 12.0 Å². The Bertz CT molecular complexity index is 763. The number of hydrogen-bond acceptors (Lipinski definition) is 4. The summed E-state index contributed by atoms with van der Waals surface area (Å²) in [6.07, 6.45) is -2.71. The van der Waals surface area contributed by atoms with Gasteiger partial charge in [-0.3, -0.25) is 4.40 Å². The average molecular weight is 297 g/mol. The van der Waals surface area contributed by atoms with Gasteiger partial charge in [-0.25, -0.2) is 9.97 Å². The van der Waals surface area contributed by atoms with Crippen LogP contribution in [0.3, 0.4) is 0 Å². The lowest BCUT2D eigenvalue weighted by Crippen LogP contribution is -2.12. The number of rotatable bonds is 1. The molecule has 0 amide bonds. The van der Waals surface area contributed by atoms with Crippen molar-refractivity contribution in [2.75, 3.05) is 0 Å². The summed E-state index contributed by atoms with van der Waals surface area (Å²) in [5.74, 6) is -1.08. The maximum absolute atomic E-state index is 12.9. The van der Waals surface area contributed by atoms with Crippen LogP contribution in [-0.4, -0.2) is 24.6 Å². The SMILES string of the molecule is CC.CCc1nc2cccnc2n2c(C(F)(F)F)nnc12. The van der Waals surface area contributed by atoms with Gasteiger partial charge in [0, 0.05) is 6.20 Å². The Labute approximate surface area is 118 Å². The number of alkyl halides is 3. The lowest BCUT2D eigenvalue weighted by atomic mass is 10.3. The molecule has 3 heterocycles. The molecule has 0 radical (unpaired) electrons. The van der Waals surface area contributed by atoms with E-state index in [1.165, 1.54) is 6.20 Å². The van der Waals surface area contributed by atoms with Crippen molar-refractivity contribution >= 4 is 16.8 Å². The molecule has 0 unspecified atom stereocenters. The topological polar surface area (TPSA) is 56.0 Å². The van der Waals surface area contributed by atoms with Gasteiger partial charge in [0.25, 0.3) is 0 Å². The second kappa shape index (κ2) is 5.63. The fraction of sp³-hybridized carbons (Fsp3) is 0.385. The van der Waals surface area contributed by atoms with E-state index in [2.05, 4.69) is 20.2 Å². The zero-order valence-corrected chi connectivity index (χ0v) is 11.8. The van der Waals surface area contributed by atoms with E-state index in [4.69, 9.17) is 0 Å². The monoisotopic (exact) mass is 297 g/mol. The fourth-order valence-electron chi connectivity index (χ4n) is 1.94. The average Bonchev–Trinajstić information content (AvgIpc) is 2.94. The number of aromatic nitrogens is 5. The number of fused-ring (bicyclic) bond motifs is 3. The quantitative estimate of drug-likeness (QED) is 0.691. The molecule has 0 fully saturated rings. The molecule has 0 bridgehead atoms. The number of aryl methyl sites for hydroxylation is 1. The van der Waals surface area contributed by atoms with Crippen molar-refractivity contribution in [1.29, 1.82) is 0 Å². The Hall–Kier alpha value is -2.25. The molecule has 112 valence electrons. The molecule has 0 spiro atoms. The molecule has 5 nitrogen and oxygen atoms in total. The lowest BCUT2D eigenvalue weighted by Gasteiger charge is -2.07. The highest BCUT2D eigenvalue weighted by molar-refractivity contribution is 5.74. The van der Waals surface area contributed by atoms with E-state index in [-0.39, 0.29) is 11.3 Å². The van der Waals surface area contributed by atoms with Crippen LogP contribution in [0.25, 0.3) is 16.8 Å². The summed E-state index contributed by atoms with van der Waals surface area (Å²) >= 11 is 0. The molecule has 0 aliphatic carbocycles. The van der Waals surface area contributed by atoms with Gasteiger partial charge in [0.1, 0.15) is 5.52 Å². The summed E-state index contributed by atoms with van der Waals surface area (Å²) in [5.41, 5.74) is 1.05. The van der Waals surface area contributed by atoms with E-state index in [0.717, 1.165) is 4.40 Å². The van der Waals surface area contributed by atoms with Crippen LogP contribution in [0.5, 0.6) is 0 Å². The zero-order chi connectivity index (χ0) is 15.6. The lowest BCUT2D eigenvalue weighted by molar-refractivity contribution is -0.145. The van der Waals surface area contributed by atoms with Gasteiger partial charge >= 0.3 is 6.18 Å². The van der Waals surface area contributed by atoms with Crippen molar-refractivity contribution in [2.45, 2.75) is 33.4 Å². The van der Waals surface area contributed by atoms with Gasteiger partial charge in [0.15, 0.2) is 11.3 Å². The number of halogens is 3. The van der Waals surface area contributed by atoms with E-state index in [9.17, 15) is 13.2 Å². The molecular formula is C13H14F3N5. The normalized spacial score (nSPS) is 11.5. The van der Waals surface area contributed by atoms with Gasteiger partial charge in [0.2, 0.25) is 5.82 Å². The minimum atomic E-state index is -4.59. The van der Waals surface area contributed by atoms with Crippen molar-refractivity contribution in [2.24, 2.45) is 0 Å². The second-order valence-electron chi connectivity index (χ2n) is 3.94. The third kappa shape index (κ3) is 2.53. The molecule has 0 aromatic carbocycles. The summed E-state index contributed by atoms with van der Waals surface area (Å²) in [6, 6.07) is 3.24. The van der Waals surface area contributed by atoms with Gasteiger partial charge in [0.05, 0.1) is 5.69 Å². The third-order valence-electron chi connectivity index (χ3n) is 2.74. The van der Waals surface area contributed by atoms with Gasteiger partial charge in [-0.05, 0) is 18.6 Å². The molecule has 3 aromatic heterocycles. The van der Waals surface area contributed by atoms with Gasteiger partial charge < -0.3 is 0 Å². The van der Waals surface area contributed by atoms with Gasteiger partial charge in [-0.2, -0.15) is 13.2 Å². The Morgan fingerprint density at radius 2 is 1.86 bits per heavy atom. The number of hydrogen-bond donors (Lipinski definition) is 0. The maximum atomic E-state index is 12.9. The molecule has 3 rings (SSSR count). The highest BCUT2D eigenvalue weighted by Gasteiger charge is 2.38. The van der Waals surface area contributed by atoms with E-state index in [0.29, 0.717) is 17.6 Å². The first-order chi connectivity index (χ1) is 10.0. The molecule has 0 aliphatic rings. The molecule has 0 saturated heterocycles. The largest absolute Gasteiger partial charge is 0.452 e. The highest BCUT2D eigenvalue weighted by atomic mass is 19.4. The molecule has 21 heavy (non-hydrogen) atoms. The van der Waals surface area contributed by atoms with Crippen LogP contribution in [0.1, 0.15) is 32.3 Å². The smallest absolute Gasteiger partial charge is 0.252 e. The summed E-state index contributed by atoms with van der Waals surface area (Å²) in [7, 11) is 0. The molecule has 0 saturated carbocycles. The molecule has 3 aromatic rings. The van der Waals surface area contributed by atoms with Crippen LogP contribution in [0.4, 0.5) is 13.2 Å². The van der Waals surface area contributed by atoms with Crippen molar-refractivity contribution in [3.8, 4) is 0 Å². The zero-order valence-electron chi connectivity index (χ0n) is 11.8. The Morgan fingerprint density at radius 1 is 1.14 bits per heavy atom. The Kier molecular flexibility index (Phi) is 4.06. The minimum absolute atomic E-state index is 0.0982. The summed E-state index contributed by atoms with van der Waals surface area (Å²) < 4.78 is 39.7. The van der Waals surface area contributed by atoms with Crippen LogP contribution in [0.2, 0.25) is 0 Å². The van der Waals surface area contributed by atoms with E-state index in [1.807, 2.05) is 13.8 Å². The first kappa shape index (κ1) is 15.1. The molecular weight excluding hydrogens is 283 g/mol. The summed E-state index contributed by atoms with van der Waals surface area (Å²) in [6.45, 7) is 5.80. The predicted octanol–water partition coefficient (Wildman–Crippen LogP) is 3.28. The van der Waals surface area contributed by atoms with Crippen LogP contribution >= 0.6 is 0 Å². The standard InChI is InChI=1S/C11H8F3N5.C2H6/c1-2-6-9-17-18-10(11(12,13)14)19(9)8-7(16-6)4-3-5-15-8;1-2/h3-5H,2H2,1H3;1-2H3. The maximum Gasteiger partial charge on any atom is 0.452 e.